The van der Waals surface area contributed by atoms with Crippen LogP contribution in [0.25, 0.3) is 0 Å². The number of esters is 2. The van der Waals surface area contributed by atoms with Crippen LogP contribution in [0, 0.1) is 17.2 Å². The second kappa shape index (κ2) is 24.4. The maximum Gasteiger partial charge on any atom is 0.344 e. The zero-order chi connectivity index (χ0) is 41.8. The monoisotopic (exact) mass is 812 g/mol. The minimum atomic E-state index is -0.570. The largest absolute Gasteiger partial charge is 0.482 e. The van der Waals surface area contributed by atoms with Crippen molar-refractivity contribution in [2.45, 2.75) is 108 Å². The number of hydrogen-bond acceptors (Lipinski definition) is 12. The topological polar surface area (TPSA) is 188 Å². The van der Waals surface area contributed by atoms with E-state index in [1.54, 1.807) is 0 Å². The van der Waals surface area contributed by atoms with E-state index in [9.17, 15) is 24.9 Å². The van der Waals surface area contributed by atoms with Gasteiger partial charge in [-0.1, -0.05) is 54.6 Å². The lowest BCUT2D eigenvalue weighted by Crippen LogP contribution is -2.41. The Balaban J connectivity index is 0.887. The van der Waals surface area contributed by atoms with Crippen molar-refractivity contribution < 1.29 is 39.1 Å². The van der Waals surface area contributed by atoms with Crippen LogP contribution in [-0.2, 0) is 32.0 Å². The summed E-state index contributed by atoms with van der Waals surface area (Å²) in [6.45, 7) is 2.68. The molecule has 0 bridgehead atoms. The summed E-state index contributed by atoms with van der Waals surface area (Å²) in [6.07, 6.45) is 11.6. The van der Waals surface area contributed by atoms with Crippen LogP contribution in [0.4, 0.5) is 11.4 Å². The Labute approximate surface area is 349 Å². The second-order valence-corrected chi connectivity index (χ2v) is 16.0. The van der Waals surface area contributed by atoms with E-state index in [1.807, 2.05) is 72.8 Å². The number of rotatable bonds is 24. The lowest BCUT2D eigenvalue weighted by Gasteiger charge is -2.33. The molecule has 1 heterocycles. The van der Waals surface area contributed by atoms with Gasteiger partial charge >= 0.3 is 11.9 Å². The van der Waals surface area contributed by atoms with Gasteiger partial charge in [0.05, 0.1) is 31.5 Å². The van der Waals surface area contributed by atoms with Crippen LogP contribution in [0.2, 0.25) is 0 Å². The van der Waals surface area contributed by atoms with Gasteiger partial charge in [-0.15, -0.1) is 0 Å². The van der Waals surface area contributed by atoms with Gasteiger partial charge in [-0.05, 0) is 124 Å². The van der Waals surface area contributed by atoms with Gasteiger partial charge < -0.3 is 46.0 Å². The Bertz CT molecular complexity index is 1770. The highest BCUT2D eigenvalue weighted by molar-refractivity contribution is 5.86. The molecule has 59 heavy (non-hydrogen) atoms. The molecule has 12 nitrogen and oxygen atoms in total. The molecule has 3 aromatic carbocycles. The Kier molecular flexibility index (Phi) is 18.7. The van der Waals surface area contributed by atoms with Crippen molar-refractivity contribution in [3.63, 3.8) is 0 Å². The number of aliphatic hydroxyl groups is 3. The molecule has 0 aromatic heterocycles. The molecule has 0 radical (unpaired) electrons. The van der Waals surface area contributed by atoms with Crippen LogP contribution >= 0.6 is 0 Å². The molecule has 7 N–H and O–H groups in total. The fraction of sp³-hybridized carbons (Fsp3) is 0.511. The molecule has 0 spiro atoms. The van der Waals surface area contributed by atoms with Crippen molar-refractivity contribution in [2.75, 3.05) is 44.0 Å². The Morgan fingerprint density at radius 3 is 2.51 bits per heavy atom. The van der Waals surface area contributed by atoms with Crippen molar-refractivity contribution in [1.29, 1.82) is 5.41 Å². The van der Waals surface area contributed by atoms with Gasteiger partial charge in [-0.2, -0.15) is 0 Å². The van der Waals surface area contributed by atoms with Crippen molar-refractivity contribution in [3.8, 4) is 5.75 Å². The molecule has 1 saturated carbocycles. The third-order valence-electron chi connectivity index (χ3n) is 11.4. The summed E-state index contributed by atoms with van der Waals surface area (Å²) in [5, 5.41) is 42.9. The highest BCUT2D eigenvalue weighted by atomic mass is 16.6. The first-order chi connectivity index (χ1) is 28.7. The highest BCUT2D eigenvalue weighted by Crippen LogP contribution is 2.38. The first kappa shape index (κ1) is 45.3. The van der Waals surface area contributed by atoms with E-state index in [1.165, 1.54) is 11.8 Å². The normalized spacial score (nSPS) is 21.2. The number of allylic oxidation sites excluding steroid dienone is 2. The van der Waals surface area contributed by atoms with Gasteiger partial charge in [0.2, 0.25) is 0 Å². The fourth-order valence-electron chi connectivity index (χ4n) is 8.17. The summed E-state index contributed by atoms with van der Waals surface area (Å²) in [5.41, 5.74) is 10.5. The molecule has 6 atom stereocenters. The minimum absolute atomic E-state index is 0.0559. The number of unbranched alkanes of at least 4 members (excludes halogenated alkanes) is 1. The summed E-state index contributed by atoms with van der Waals surface area (Å²) >= 11 is 0. The fourth-order valence-corrected chi connectivity index (χ4v) is 8.17. The number of anilines is 2. The first-order valence-corrected chi connectivity index (χ1v) is 21.3. The van der Waals surface area contributed by atoms with E-state index in [2.05, 4.69) is 22.3 Å². The zero-order valence-corrected chi connectivity index (χ0v) is 34.3. The predicted molar refractivity (Wildman–Crippen MR) is 230 cm³/mol. The van der Waals surface area contributed by atoms with Crippen LogP contribution in [-0.4, -0.2) is 95.6 Å². The van der Waals surface area contributed by atoms with Gasteiger partial charge in [0.15, 0.2) is 6.61 Å². The van der Waals surface area contributed by atoms with Crippen LogP contribution in [0.3, 0.4) is 0 Å². The van der Waals surface area contributed by atoms with Crippen molar-refractivity contribution in [2.24, 2.45) is 11.8 Å². The van der Waals surface area contributed by atoms with Gasteiger partial charge in [-0.25, -0.2) is 4.79 Å². The van der Waals surface area contributed by atoms with E-state index in [4.69, 9.17) is 25.4 Å². The summed E-state index contributed by atoms with van der Waals surface area (Å²) in [5.74, 6) is -0.312. The number of carbonyl (C=O) groups is 2. The third-order valence-corrected chi connectivity index (χ3v) is 11.4. The number of ether oxygens (including phenoxy) is 3. The number of likely N-dealkylation sites (tertiary alicyclic amines) is 1. The maximum absolute atomic E-state index is 12.3. The molecule has 3 aromatic rings. The van der Waals surface area contributed by atoms with Crippen LogP contribution < -0.4 is 15.8 Å². The number of carbonyl (C=O) groups excluding carboxylic acids is 2. The smallest absolute Gasteiger partial charge is 0.344 e. The van der Waals surface area contributed by atoms with Crippen molar-refractivity contribution in [1.82, 2.24) is 4.90 Å². The molecule has 2 aliphatic rings. The van der Waals surface area contributed by atoms with Crippen LogP contribution in [0.5, 0.6) is 5.75 Å². The number of aliphatic hydroxyl groups excluding tert-OH is 3. The number of piperidine rings is 1. The van der Waals surface area contributed by atoms with E-state index in [-0.39, 0.29) is 50.1 Å². The first-order valence-electron chi connectivity index (χ1n) is 21.3. The number of nitrogens with two attached hydrogens (primary N) is 1. The van der Waals surface area contributed by atoms with E-state index in [0.717, 1.165) is 50.1 Å². The highest BCUT2D eigenvalue weighted by Gasteiger charge is 2.40. The minimum Gasteiger partial charge on any atom is -0.482 e. The van der Waals surface area contributed by atoms with E-state index >= 15 is 0 Å². The zero-order valence-electron chi connectivity index (χ0n) is 34.3. The summed E-state index contributed by atoms with van der Waals surface area (Å²) < 4.78 is 16.3. The van der Waals surface area contributed by atoms with Gasteiger partial charge in [-0.3, -0.25) is 9.69 Å². The molecule has 1 saturated heterocycles. The molecule has 2 fully saturated rings. The molecule has 320 valence electrons. The predicted octanol–water partition coefficient (Wildman–Crippen LogP) is 6.45. The van der Waals surface area contributed by atoms with Crippen LogP contribution in [0.1, 0.15) is 87.3 Å². The average Bonchev–Trinajstić information content (AvgIpc) is 3.51. The number of hydrogen-bond donors (Lipinski definition) is 6. The summed E-state index contributed by atoms with van der Waals surface area (Å²) in [4.78, 5) is 26.9. The molecule has 12 heteroatoms. The SMILES string of the molecule is N=Cc1cc(N[C@H]2CCCN(Cc3cccc(OCC(=O)OCCCOC(=O)CCC/C=C\C[C@@H]4[C@@H](CC[C@@H](O)CCc5ccccc5)[C@H](O)C[C@@H]4O)c3)C2)ccc1N. The number of benzene rings is 3. The third kappa shape index (κ3) is 15.7. The number of nitrogen functional groups attached to an aromatic ring is 1. The van der Waals surface area contributed by atoms with Crippen molar-refractivity contribution >= 4 is 29.5 Å². The van der Waals surface area contributed by atoms with Crippen molar-refractivity contribution in [3.05, 3.63) is 102 Å². The molecule has 1 aliphatic carbocycles. The molecule has 0 amide bonds. The van der Waals surface area contributed by atoms with E-state index in [0.29, 0.717) is 68.4 Å². The Hall–Kier alpha value is -4.75. The lowest BCUT2D eigenvalue weighted by molar-refractivity contribution is -0.147. The quantitative estimate of drug-likeness (QED) is 0.0192. The van der Waals surface area contributed by atoms with E-state index < -0.39 is 24.3 Å². The standard InChI is InChI=1S/C47H64N4O8/c48-30-36-28-37(19-23-43(36)49)50-38-14-9-24-51(32-38)31-35-13-8-15-40(27-35)59-33-47(56)58-26-10-25-57-46(55)17-7-2-1-6-16-41-42(45(54)29-44(41)53)22-21-39(52)20-18-34-11-4-3-5-12-34/h1,3-6,8,11-13,15,19,23,27-28,30,38-39,41-42,44-45,48,50,52-54H,2,7,9-10,14,16-18,20-22,24-26,29,31-33,49H2/b6-1-,48-30?/t38-,39-,41+,42+,44-,45+/m0/s1. The molecular weight excluding hydrogens is 749 g/mol. The molecule has 1 aliphatic heterocycles. The number of nitrogens with zero attached hydrogens (tertiary/aromatic N) is 1. The van der Waals surface area contributed by atoms with Gasteiger partial charge in [0.25, 0.3) is 0 Å². The average molecular weight is 813 g/mol. The maximum atomic E-state index is 12.3. The summed E-state index contributed by atoms with van der Waals surface area (Å²) in [7, 11) is 0. The summed E-state index contributed by atoms with van der Waals surface area (Å²) in [6, 6.07) is 23.8. The Morgan fingerprint density at radius 1 is 0.915 bits per heavy atom. The molecular formula is C47H64N4O8. The van der Waals surface area contributed by atoms with Crippen LogP contribution in [0.15, 0.2) is 84.9 Å². The second-order valence-electron chi connectivity index (χ2n) is 16.0. The molecule has 5 rings (SSSR count). The number of aryl methyl sites for hydroxylation is 1. The number of nitrogens with one attached hydrogen (secondary N) is 2. The lowest BCUT2D eigenvalue weighted by atomic mass is 9.85. The van der Waals surface area contributed by atoms with Gasteiger partial charge in [0, 0.05) is 55.1 Å². The Morgan fingerprint density at radius 2 is 1.69 bits per heavy atom. The van der Waals surface area contributed by atoms with Gasteiger partial charge in [0.1, 0.15) is 5.75 Å². The molecule has 0 unspecified atom stereocenters.